The highest BCUT2D eigenvalue weighted by atomic mass is 16.4. The third-order valence-corrected chi connectivity index (χ3v) is 8.79. The smallest absolute Gasteiger partial charge is 0.322 e. The number of carbonyl (C=O) groups excluding carboxylic acids is 8. The molecule has 1 aromatic rings. The lowest BCUT2D eigenvalue weighted by Gasteiger charge is -2.27. The minimum absolute atomic E-state index is 0.0930. The molecule has 8 amide bonds. The van der Waals surface area contributed by atoms with E-state index in [0.29, 0.717) is 12.0 Å². The van der Waals surface area contributed by atoms with Crippen LogP contribution < -0.4 is 37.2 Å². The van der Waals surface area contributed by atoms with E-state index in [9.17, 15) is 68.7 Å². The molecular weight excluding hydrogens is 766 g/mol. The zero-order valence-corrected chi connectivity index (χ0v) is 33.2. The number of nitrogens with one attached hydrogen (secondary N) is 7. The van der Waals surface area contributed by atoms with Crippen LogP contribution in [0.25, 0.3) is 0 Å². The molecule has 12 N–H and O–H groups in total. The maximum Gasteiger partial charge on any atom is 0.322 e. The highest BCUT2D eigenvalue weighted by molar-refractivity contribution is 6.01. The number of urea groups is 1. The highest BCUT2D eigenvalue weighted by Crippen LogP contribution is 2.09. The molecule has 21 heteroatoms. The Morgan fingerprint density at radius 3 is 1.57 bits per heavy atom. The van der Waals surface area contributed by atoms with E-state index in [1.807, 2.05) is 12.2 Å². The number of imide groups is 1. The number of carboxylic acids is 1. The van der Waals surface area contributed by atoms with Crippen molar-refractivity contribution >= 4 is 53.2 Å². The molecular formula is C37H57N7O14. The molecule has 0 aliphatic rings. The minimum atomic E-state index is -1.89. The van der Waals surface area contributed by atoms with Gasteiger partial charge in [0.05, 0.1) is 31.5 Å². The summed E-state index contributed by atoms with van der Waals surface area (Å²) in [4.78, 5) is 114. The first kappa shape index (κ1) is 50.5. The van der Waals surface area contributed by atoms with Crippen molar-refractivity contribution in [2.45, 2.75) is 122 Å². The second-order valence-electron chi connectivity index (χ2n) is 13.8. The van der Waals surface area contributed by atoms with Crippen LogP contribution in [0.2, 0.25) is 0 Å². The Morgan fingerprint density at radius 1 is 0.603 bits per heavy atom. The van der Waals surface area contributed by atoms with Crippen molar-refractivity contribution in [3.8, 4) is 0 Å². The Kier molecular flexibility index (Phi) is 22.4. The van der Waals surface area contributed by atoms with E-state index < -0.39 is 134 Å². The van der Waals surface area contributed by atoms with Gasteiger partial charge < -0.3 is 57.4 Å². The largest absolute Gasteiger partial charge is 0.481 e. The number of hydrogen-bond acceptors (Lipinski definition) is 13. The van der Waals surface area contributed by atoms with Crippen molar-refractivity contribution in [2.75, 3.05) is 13.2 Å². The van der Waals surface area contributed by atoms with Crippen molar-refractivity contribution in [1.29, 1.82) is 0 Å². The Balaban J connectivity index is 3.06. The average molecular weight is 824 g/mol. The van der Waals surface area contributed by atoms with Gasteiger partial charge in [0, 0.05) is 12.3 Å². The fraction of sp³-hybridized carbons (Fsp3) is 0.595. The number of carboxylic acid groups (broad SMARTS) is 1. The van der Waals surface area contributed by atoms with E-state index in [0.717, 1.165) is 26.7 Å². The van der Waals surface area contributed by atoms with Crippen LogP contribution in [0.1, 0.15) is 72.3 Å². The normalized spacial score (nSPS) is 15.6. The summed E-state index contributed by atoms with van der Waals surface area (Å²) in [5.74, 6) is -8.71. The van der Waals surface area contributed by atoms with Gasteiger partial charge in [0.15, 0.2) is 5.78 Å². The van der Waals surface area contributed by atoms with E-state index in [-0.39, 0.29) is 6.42 Å². The molecule has 21 nitrogen and oxygen atoms in total. The number of unbranched alkanes of at least 4 members (excludes halogenated alkanes) is 1. The van der Waals surface area contributed by atoms with Gasteiger partial charge in [-0.05, 0) is 45.6 Å². The number of aliphatic carboxylic acids is 1. The number of rotatable bonds is 25. The maximum absolute atomic E-state index is 13.3. The van der Waals surface area contributed by atoms with E-state index in [4.69, 9.17) is 0 Å². The third-order valence-electron chi connectivity index (χ3n) is 8.79. The standard InChI is InChI=1S/C37H57N7O14/c1-6-7-11-19(2)31(52)40-26(17-45)33(54)41-27(18-46)34(55)42-29(21(4)48)35(56)38-24(14-15-28(50)51)32(53)44-37(58)43-30(22(5)49)36(57)39-25(20(3)47)16-23-12-9-8-10-13-23/h8-10,12-13,19,21-22,24-27,29-30,45-46,48-49H,6-7,11,14-18H2,1-5H3,(H,38,56)(H,39,57)(H,40,52)(H,41,54)(H,42,55)(H,50,51)(H2,43,44,53,58)/t19-,21+,22+,24-,25-,26-,27-,29-,30-/m0/s1. The topological polar surface area (TPSA) is 339 Å². The number of carbonyl (C=O) groups is 9. The summed E-state index contributed by atoms with van der Waals surface area (Å²) < 4.78 is 0. The fourth-order valence-electron chi connectivity index (χ4n) is 5.26. The van der Waals surface area contributed by atoms with Gasteiger partial charge in [-0.1, -0.05) is 57.0 Å². The number of hydrogen-bond donors (Lipinski definition) is 12. The van der Waals surface area contributed by atoms with Gasteiger partial charge in [-0.25, -0.2) is 4.79 Å². The molecule has 0 aliphatic carbocycles. The summed E-state index contributed by atoms with van der Waals surface area (Å²) in [7, 11) is 0. The van der Waals surface area contributed by atoms with Crippen LogP contribution in [0.4, 0.5) is 4.79 Å². The van der Waals surface area contributed by atoms with Gasteiger partial charge in [0.25, 0.3) is 5.91 Å². The summed E-state index contributed by atoms with van der Waals surface area (Å²) in [6, 6.07) is -2.43. The summed E-state index contributed by atoms with van der Waals surface area (Å²) in [5, 5.41) is 64.5. The summed E-state index contributed by atoms with van der Waals surface area (Å²) in [5.41, 5.74) is 0.709. The molecule has 0 bridgehead atoms. The summed E-state index contributed by atoms with van der Waals surface area (Å²) >= 11 is 0. The Labute approximate surface area is 335 Å². The molecule has 0 spiro atoms. The molecule has 0 aromatic heterocycles. The first-order valence-corrected chi connectivity index (χ1v) is 18.7. The van der Waals surface area contributed by atoms with Crippen molar-refractivity contribution < 1.29 is 68.7 Å². The van der Waals surface area contributed by atoms with Gasteiger partial charge in [0.2, 0.25) is 29.5 Å². The van der Waals surface area contributed by atoms with Crippen molar-refractivity contribution in [2.24, 2.45) is 5.92 Å². The summed E-state index contributed by atoms with van der Waals surface area (Å²) in [6.45, 7) is 5.10. The molecule has 0 saturated carbocycles. The molecule has 1 rings (SSSR count). The molecule has 0 radical (unpaired) electrons. The lowest BCUT2D eigenvalue weighted by atomic mass is 10.0. The third kappa shape index (κ3) is 17.7. The van der Waals surface area contributed by atoms with Crippen LogP contribution >= 0.6 is 0 Å². The van der Waals surface area contributed by atoms with Crippen molar-refractivity contribution in [1.82, 2.24) is 37.2 Å². The zero-order chi connectivity index (χ0) is 44.1. The van der Waals surface area contributed by atoms with Crippen LogP contribution in [-0.2, 0) is 44.8 Å². The number of amides is 8. The molecule has 0 heterocycles. The first-order chi connectivity index (χ1) is 27.2. The van der Waals surface area contributed by atoms with E-state index in [1.165, 1.54) is 6.92 Å². The number of aliphatic hydroxyl groups is 4. The van der Waals surface area contributed by atoms with Gasteiger partial charge in [0.1, 0.15) is 30.2 Å². The lowest BCUT2D eigenvalue weighted by Crippen LogP contribution is -2.62. The van der Waals surface area contributed by atoms with Gasteiger partial charge in [-0.2, -0.15) is 0 Å². The molecule has 58 heavy (non-hydrogen) atoms. The van der Waals surface area contributed by atoms with Crippen LogP contribution in [0.5, 0.6) is 0 Å². The number of Topliss-reactive ketones (excluding diaryl/α,β-unsaturated/α-hetero) is 1. The minimum Gasteiger partial charge on any atom is -0.481 e. The van der Waals surface area contributed by atoms with E-state index in [2.05, 4.69) is 31.9 Å². The van der Waals surface area contributed by atoms with E-state index >= 15 is 0 Å². The molecule has 0 fully saturated rings. The Hall–Kier alpha value is -5.51. The summed E-state index contributed by atoms with van der Waals surface area (Å²) in [6.07, 6.45) is -2.44. The molecule has 0 aliphatic heterocycles. The monoisotopic (exact) mass is 823 g/mol. The van der Waals surface area contributed by atoms with Crippen molar-refractivity contribution in [3.05, 3.63) is 35.9 Å². The van der Waals surface area contributed by atoms with Gasteiger partial charge in [-0.3, -0.25) is 43.7 Å². The average Bonchev–Trinajstić information content (AvgIpc) is 3.16. The SMILES string of the molecule is CCCC[C@H](C)C(=O)N[C@@H](CO)C(=O)N[C@@H](CO)C(=O)N[C@H](C(=O)N[C@@H](CCC(=O)O)C(=O)NC(=O)N[C@H](C(=O)N[C@@H](Cc1ccccc1)C(C)=O)[C@@H](C)O)[C@@H](C)O. The molecule has 0 saturated heterocycles. The predicted molar refractivity (Wildman–Crippen MR) is 204 cm³/mol. The van der Waals surface area contributed by atoms with Crippen LogP contribution in [0.15, 0.2) is 30.3 Å². The zero-order valence-electron chi connectivity index (χ0n) is 33.2. The van der Waals surface area contributed by atoms with Gasteiger partial charge in [-0.15, -0.1) is 0 Å². The van der Waals surface area contributed by atoms with Crippen LogP contribution in [-0.4, -0.2) is 140 Å². The second-order valence-corrected chi connectivity index (χ2v) is 13.8. The maximum atomic E-state index is 13.3. The van der Waals surface area contributed by atoms with E-state index in [1.54, 1.807) is 37.3 Å². The van der Waals surface area contributed by atoms with Gasteiger partial charge >= 0.3 is 12.0 Å². The molecule has 1 aromatic carbocycles. The van der Waals surface area contributed by atoms with Crippen LogP contribution in [0, 0.1) is 5.92 Å². The molecule has 0 unspecified atom stereocenters. The first-order valence-electron chi connectivity index (χ1n) is 18.7. The highest BCUT2D eigenvalue weighted by Gasteiger charge is 2.35. The number of aliphatic hydroxyl groups excluding tert-OH is 4. The van der Waals surface area contributed by atoms with Crippen LogP contribution in [0.3, 0.4) is 0 Å². The Morgan fingerprint density at radius 2 is 1.09 bits per heavy atom. The lowest BCUT2D eigenvalue weighted by molar-refractivity contribution is -0.138. The molecule has 9 atom stereocenters. The fourth-order valence-corrected chi connectivity index (χ4v) is 5.26. The van der Waals surface area contributed by atoms with Crippen molar-refractivity contribution in [3.63, 3.8) is 0 Å². The quantitative estimate of drug-likeness (QED) is 0.0464. The predicted octanol–water partition coefficient (Wildman–Crippen LogP) is -3.13. The number of ketones is 1. The Bertz CT molecular complexity index is 1580. The number of benzene rings is 1. The molecule has 324 valence electrons. The second kappa shape index (κ2) is 25.7.